The summed E-state index contributed by atoms with van der Waals surface area (Å²) in [5.41, 5.74) is 0.463. The lowest BCUT2D eigenvalue weighted by molar-refractivity contribution is 0.370. The van der Waals surface area contributed by atoms with Crippen molar-refractivity contribution in [2.75, 3.05) is 6.61 Å². The molecule has 2 aromatic rings. The van der Waals surface area contributed by atoms with Gasteiger partial charge in [0, 0.05) is 6.07 Å². The van der Waals surface area contributed by atoms with Crippen LogP contribution in [0.1, 0.15) is 0 Å². The molecule has 0 saturated heterocycles. The van der Waals surface area contributed by atoms with E-state index >= 15 is 0 Å². The van der Waals surface area contributed by atoms with Crippen LogP contribution in [0.2, 0.25) is 0 Å². The molecular weight excluding hydrogens is 319 g/mol. The molecule has 1 heterocycles. The molecule has 1 aromatic heterocycles. The van der Waals surface area contributed by atoms with Gasteiger partial charge < -0.3 is 9.15 Å². The minimum atomic E-state index is -0.0367. The molecule has 0 bridgehead atoms. The van der Waals surface area contributed by atoms with Gasteiger partial charge in [0.2, 0.25) is 5.43 Å². The predicted octanol–water partition coefficient (Wildman–Crippen LogP) is 2.41. The molecular formula is C12H7IO3. The summed E-state index contributed by atoms with van der Waals surface area (Å²) in [6.45, 7) is 0.195. The highest BCUT2D eigenvalue weighted by Gasteiger charge is 2.05. The minimum absolute atomic E-state index is 0.0367. The first kappa shape index (κ1) is 11.0. The van der Waals surface area contributed by atoms with Crippen molar-refractivity contribution in [1.29, 1.82) is 0 Å². The van der Waals surface area contributed by atoms with E-state index in [1.165, 1.54) is 6.26 Å². The molecule has 4 heteroatoms. The molecule has 0 saturated carbocycles. The standard InChI is InChI=1S/C12H7IO3/c1-2-5-15-8-3-4-9-11(6-8)16-7-10(13)12(9)14/h1,3-4,6-7H,5H2. The van der Waals surface area contributed by atoms with Crippen molar-refractivity contribution in [3.8, 4) is 18.1 Å². The van der Waals surface area contributed by atoms with Crippen molar-refractivity contribution in [3.05, 3.63) is 38.3 Å². The van der Waals surface area contributed by atoms with Crippen molar-refractivity contribution in [2.24, 2.45) is 0 Å². The average Bonchev–Trinajstić information content (AvgIpc) is 2.31. The molecule has 80 valence electrons. The van der Waals surface area contributed by atoms with Crippen molar-refractivity contribution < 1.29 is 9.15 Å². The largest absolute Gasteiger partial charge is 0.481 e. The SMILES string of the molecule is C#CCOc1ccc2c(=O)c(I)coc2c1. The fourth-order valence-corrected chi connectivity index (χ4v) is 1.72. The van der Waals surface area contributed by atoms with Crippen LogP contribution >= 0.6 is 22.6 Å². The topological polar surface area (TPSA) is 39.4 Å². The summed E-state index contributed by atoms with van der Waals surface area (Å²) in [5, 5.41) is 0.542. The maximum absolute atomic E-state index is 11.7. The van der Waals surface area contributed by atoms with Gasteiger partial charge in [0.25, 0.3) is 0 Å². The molecule has 0 N–H and O–H groups in total. The number of terminal acetylenes is 1. The molecule has 0 aliphatic heterocycles. The van der Waals surface area contributed by atoms with Gasteiger partial charge in [0.05, 0.1) is 8.96 Å². The van der Waals surface area contributed by atoms with E-state index in [1.54, 1.807) is 18.2 Å². The fourth-order valence-electron chi connectivity index (χ4n) is 1.30. The second-order valence-electron chi connectivity index (χ2n) is 3.06. The first-order valence-electron chi connectivity index (χ1n) is 4.49. The van der Waals surface area contributed by atoms with Crippen molar-refractivity contribution in [1.82, 2.24) is 0 Å². The molecule has 1 aromatic carbocycles. The van der Waals surface area contributed by atoms with Crippen molar-refractivity contribution >= 4 is 33.6 Å². The number of hydrogen-bond acceptors (Lipinski definition) is 3. The Labute approximate surface area is 106 Å². The van der Waals surface area contributed by atoms with Gasteiger partial charge in [0.1, 0.15) is 24.2 Å². The molecule has 0 spiro atoms. The minimum Gasteiger partial charge on any atom is -0.481 e. The maximum Gasteiger partial charge on any atom is 0.205 e. The van der Waals surface area contributed by atoms with E-state index < -0.39 is 0 Å². The Kier molecular flexibility index (Phi) is 3.15. The normalized spacial score (nSPS) is 10.0. The van der Waals surface area contributed by atoms with Crippen molar-refractivity contribution in [3.63, 3.8) is 0 Å². The first-order valence-corrected chi connectivity index (χ1v) is 5.57. The number of benzene rings is 1. The fraction of sp³-hybridized carbons (Fsp3) is 0.0833. The van der Waals surface area contributed by atoms with E-state index in [9.17, 15) is 4.79 Å². The summed E-state index contributed by atoms with van der Waals surface area (Å²) in [7, 11) is 0. The van der Waals surface area contributed by atoms with E-state index in [1.807, 2.05) is 22.6 Å². The van der Waals surface area contributed by atoms with E-state index in [2.05, 4.69) is 5.92 Å². The van der Waals surface area contributed by atoms with Gasteiger partial charge in [-0.05, 0) is 34.7 Å². The summed E-state index contributed by atoms with van der Waals surface area (Å²) < 4.78 is 11.1. The van der Waals surface area contributed by atoms with Gasteiger partial charge in [-0.3, -0.25) is 4.79 Å². The van der Waals surface area contributed by atoms with Crippen LogP contribution in [0.25, 0.3) is 11.0 Å². The summed E-state index contributed by atoms with van der Waals surface area (Å²) in [6.07, 6.45) is 6.51. The second kappa shape index (κ2) is 4.58. The number of fused-ring (bicyclic) bond motifs is 1. The van der Waals surface area contributed by atoms with Gasteiger partial charge >= 0.3 is 0 Å². The third-order valence-corrected chi connectivity index (χ3v) is 2.77. The second-order valence-corrected chi connectivity index (χ2v) is 4.23. The maximum atomic E-state index is 11.7. The number of rotatable bonds is 2. The van der Waals surface area contributed by atoms with Crippen LogP contribution in [0, 0.1) is 15.9 Å². The Morgan fingerprint density at radius 3 is 3.06 bits per heavy atom. The molecule has 2 rings (SSSR count). The van der Waals surface area contributed by atoms with Gasteiger partial charge in [-0.1, -0.05) is 5.92 Å². The molecule has 0 radical (unpaired) electrons. The van der Waals surface area contributed by atoms with Crippen LogP contribution < -0.4 is 10.2 Å². The number of hydrogen-bond donors (Lipinski definition) is 0. The Hall–Kier alpha value is -1.48. The molecule has 0 aliphatic carbocycles. The van der Waals surface area contributed by atoms with Crippen LogP contribution in [-0.2, 0) is 0 Å². The first-order chi connectivity index (χ1) is 7.72. The quantitative estimate of drug-likeness (QED) is 0.628. The Morgan fingerprint density at radius 2 is 2.31 bits per heavy atom. The van der Waals surface area contributed by atoms with Crippen LogP contribution in [-0.4, -0.2) is 6.61 Å². The molecule has 0 fully saturated rings. The highest BCUT2D eigenvalue weighted by Crippen LogP contribution is 2.19. The van der Waals surface area contributed by atoms with E-state index in [4.69, 9.17) is 15.6 Å². The summed E-state index contributed by atoms with van der Waals surface area (Å²) in [5.74, 6) is 2.96. The van der Waals surface area contributed by atoms with Crippen LogP contribution in [0.4, 0.5) is 0 Å². The zero-order chi connectivity index (χ0) is 11.5. The summed E-state index contributed by atoms with van der Waals surface area (Å²) in [4.78, 5) is 11.7. The Morgan fingerprint density at radius 1 is 1.50 bits per heavy atom. The van der Waals surface area contributed by atoms with Crippen LogP contribution in [0.15, 0.2) is 33.7 Å². The van der Waals surface area contributed by atoms with Crippen molar-refractivity contribution in [2.45, 2.75) is 0 Å². The highest BCUT2D eigenvalue weighted by molar-refractivity contribution is 14.1. The zero-order valence-electron chi connectivity index (χ0n) is 8.20. The average molecular weight is 326 g/mol. The Balaban J connectivity index is 2.53. The molecule has 0 amide bonds. The van der Waals surface area contributed by atoms with E-state index in [0.29, 0.717) is 20.3 Å². The monoisotopic (exact) mass is 326 g/mol. The lowest BCUT2D eigenvalue weighted by atomic mass is 10.2. The van der Waals surface area contributed by atoms with E-state index in [0.717, 1.165) is 0 Å². The molecule has 3 nitrogen and oxygen atoms in total. The Bertz CT molecular complexity index is 622. The molecule has 16 heavy (non-hydrogen) atoms. The van der Waals surface area contributed by atoms with Gasteiger partial charge in [-0.25, -0.2) is 0 Å². The predicted molar refractivity (Wildman–Crippen MR) is 69.5 cm³/mol. The van der Waals surface area contributed by atoms with Gasteiger partial charge in [-0.2, -0.15) is 0 Å². The summed E-state index contributed by atoms with van der Waals surface area (Å²) in [6, 6.07) is 5.03. The molecule has 0 aliphatic rings. The third kappa shape index (κ3) is 2.04. The highest BCUT2D eigenvalue weighted by atomic mass is 127. The number of ether oxygens (including phenoxy) is 1. The summed E-state index contributed by atoms with van der Waals surface area (Å²) >= 11 is 1.94. The smallest absolute Gasteiger partial charge is 0.205 e. The van der Waals surface area contributed by atoms with Crippen LogP contribution in [0.5, 0.6) is 5.75 Å². The van der Waals surface area contributed by atoms with Gasteiger partial charge in [0.15, 0.2) is 0 Å². The zero-order valence-corrected chi connectivity index (χ0v) is 10.4. The lowest BCUT2D eigenvalue weighted by Crippen LogP contribution is -2.04. The lowest BCUT2D eigenvalue weighted by Gasteiger charge is -2.03. The van der Waals surface area contributed by atoms with Crippen LogP contribution in [0.3, 0.4) is 0 Å². The van der Waals surface area contributed by atoms with E-state index in [-0.39, 0.29) is 12.0 Å². The number of halogens is 1. The molecule has 0 atom stereocenters. The third-order valence-electron chi connectivity index (χ3n) is 2.03. The molecule has 0 unspecified atom stereocenters. The van der Waals surface area contributed by atoms with Gasteiger partial charge in [-0.15, -0.1) is 6.42 Å².